The second kappa shape index (κ2) is 5.32. The summed E-state index contributed by atoms with van der Waals surface area (Å²) >= 11 is 3.11. The summed E-state index contributed by atoms with van der Waals surface area (Å²) < 4.78 is 53.6. The standard InChI is InChI=1S/C13H8BrF4NO/c14-11-6-8(15)5-10(12(11)19)7-1-3-9(4-2-7)20-13(16,17)18/h1-6H,19H2. The Kier molecular flexibility index (Phi) is 3.89. The van der Waals surface area contributed by atoms with Crippen molar-refractivity contribution in [3.05, 3.63) is 46.7 Å². The van der Waals surface area contributed by atoms with E-state index in [2.05, 4.69) is 20.7 Å². The van der Waals surface area contributed by atoms with Crippen LogP contribution in [-0.4, -0.2) is 6.36 Å². The molecule has 0 heterocycles. The zero-order valence-corrected chi connectivity index (χ0v) is 11.4. The van der Waals surface area contributed by atoms with Gasteiger partial charge in [0.05, 0.1) is 5.69 Å². The Morgan fingerprint density at radius 2 is 1.65 bits per heavy atom. The van der Waals surface area contributed by atoms with Crippen LogP contribution in [0.1, 0.15) is 0 Å². The number of benzene rings is 2. The van der Waals surface area contributed by atoms with Gasteiger partial charge < -0.3 is 10.5 Å². The van der Waals surface area contributed by atoms with Crippen molar-refractivity contribution >= 4 is 21.6 Å². The molecule has 0 saturated carbocycles. The maximum absolute atomic E-state index is 13.3. The van der Waals surface area contributed by atoms with Crippen LogP contribution in [-0.2, 0) is 0 Å². The van der Waals surface area contributed by atoms with E-state index in [4.69, 9.17) is 5.73 Å². The fraction of sp³-hybridized carbons (Fsp3) is 0.0769. The molecule has 7 heteroatoms. The van der Waals surface area contributed by atoms with Crippen LogP contribution in [0.25, 0.3) is 11.1 Å². The van der Waals surface area contributed by atoms with Gasteiger partial charge in [-0.2, -0.15) is 0 Å². The molecule has 2 N–H and O–H groups in total. The molecule has 2 nitrogen and oxygen atoms in total. The number of nitrogen functional groups attached to an aromatic ring is 1. The molecule has 0 aliphatic carbocycles. The van der Waals surface area contributed by atoms with Crippen molar-refractivity contribution in [1.29, 1.82) is 0 Å². The minimum atomic E-state index is -4.75. The second-order valence-electron chi connectivity index (χ2n) is 3.92. The van der Waals surface area contributed by atoms with Gasteiger partial charge in [-0.3, -0.25) is 0 Å². The van der Waals surface area contributed by atoms with E-state index in [-0.39, 0.29) is 5.75 Å². The molecule has 0 saturated heterocycles. The summed E-state index contributed by atoms with van der Waals surface area (Å²) in [5.41, 5.74) is 6.97. The fourth-order valence-corrected chi connectivity index (χ4v) is 2.09. The monoisotopic (exact) mass is 349 g/mol. The topological polar surface area (TPSA) is 35.2 Å². The van der Waals surface area contributed by atoms with Crippen LogP contribution in [0, 0.1) is 5.82 Å². The van der Waals surface area contributed by atoms with E-state index in [1.165, 1.54) is 24.3 Å². The largest absolute Gasteiger partial charge is 0.573 e. The summed E-state index contributed by atoms with van der Waals surface area (Å²) in [4.78, 5) is 0. The molecule has 0 atom stereocenters. The maximum atomic E-state index is 13.3. The lowest BCUT2D eigenvalue weighted by Gasteiger charge is -2.11. The molecule has 0 bridgehead atoms. The Hall–Kier alpha value is -1.76. The molecule has 0 spiro atoms. The molecule has 0 unspecified atom stereocenters. The van der Waals surface area contributed by atoms with Gasteiger partial charge in [0.25, 0.3) is 0 Å². The van der Waals surface area contributed by atoms with Gasteiger partial charge in [-0.1, -0.05) is 12.1 Å². The number of rotatable bonds is 2. The summed E-state index contributed by atoms with van der Waals surface area (Å²) in [6.07, 6.45) is -4.75. The molecule has 2 rings (SSSR count). The summed E-state index contributed by atoms with van der Waals surface area (Å²) in [6.45, 7) is 0. The van der Waals surface area contributed by atoms with E-state index < -0.39 is 12.2 Å². The number of ether oxygens (including phenoxy) is 1. The fourth-order valence-electron chi connectivity index (χ4n) is 1.66. The first-order valence-electron chi connectivity index (χ1n) is 5.37. The van der Waals surface area contributed by atoms with Gasteiger partial charge in [0.2, 0.25) is 0 Å². The molecule has 106 valence electrons. The molecule has 0 fully saturated rings. The van der Waals surface area contributed by atoms with Gasteiger partial charge in [-0.05, 0) is 45.8 Å². The van der Waals surface area contributed by atoms with E-state index in [9.17, 15) is 17.6 Å². The van der Waals surface area contributed by atoms with Crippen molar-refractivity contribution in [3.8, 4) is 16.9 Å². The molecular formula is C13H8BrF4NO. The van der Waals surface area contributed by atoms with Gasteiger partial charge in [0.1, 0.15) is 11.6 Å². The Morgan fingerprint density at radius 1 is 1.05 bits per heavy atom. The molecule has 0 aromatic heterocycles. The highest BCUT2D eigenvalue weighted by molar-refractivity contribution is 9.10. The van der Waals surface area contributed by atoms with Crippen molar-refractivity contribution in [2.45, 2.75) is 6.36 Å². The predicted octanol–water partition coefficient (Wildman–Crippen LogP) is 4.74. The average Bonchev–Trinajstić information content (AvgIpc) is 2.33. The van der Waals surface area contributed by atoms with Gasteiger partial charge in [-0.25, -0.2) is 4.39 Å². The smallest absolute Gasteiger partial charge is 0.406 e. The second-order valence-corrected chi connectivity index (χ2v) is 4.78. The first kappa shape index (κ1) is 14.6. The zero-order chi connectivity index (χ0) is 14.9. The Balaban J connectivity index is 2.36. The first-order valence-corrected chi connectivity index (χ1v) is 6.16. The molecule has 0 aliphatic heterocycles. The molecule has 2 aromatic rings. The maximum Gasteiger partial charge on any atom is 0.573 e. The van der Waals surface area contributed by atoms with Crippen LogP contribution in [0.3, 0.4) is 0 Å². The first-order chi connectivity index (χ1) is 9.26. The number of alkyl halides is 3. The number of hydrogen-bond donors (Lipinski definition) is 1. The normalized spacial score (nSPS) is 11.4. The molecule has 0 radical (unpaired) electrons. The Labute approximate surface area is 120 Å². The highest BCUT2D eigenvalue weighted by Crippen LogP contribution is 2.34. The van der Waals surface area contributed by atoms with Gasteiger partial charge in [0, 0.05) is 10.0 Å². The highest BCUT2D eigenvalue weighted by Gasteiger charge is 2.30. The number of nitrogens with two attached hydrogens (primary N) is 1. The lowest BCUT2D eigenvalue weighted by Crippen LogP contribution is -2.16. The lowest BCUT2D eigenvalue weighted by atomic mass is 10.0. The van der Waals surface area contributed by atoms with Crippen LogP contribution in [0.4, 0.5) is 23.2 Å². The van der Waals surface area contributed by atoms with Crippen LogP contribution < -0.4 is 10.5 Å². The lowest BCUT2D eigenvalue weighted by molar-refractivity contribution is -0.274. The molecule has 2 aromatic carbocycles. The van der Waals surface area contributed by atoms with E-state index in [1.54, 1.807) is 0 Å². The van der Waals surface area contributed by atoms with Gasteiger partial charge in [0.15, 0.2) is 0 Å². The quantitative estimate of drug-likeness (QED) is 0.628. The van der Waals surface area contributed by atoms with Crippen LogP contribution in [0.2, 0.25) is 0 Å². The summed E-state index contributed by atoms with van der Waals surface area (Å²) in [6, 6.07) is 7.44. The zero-order valence-electron chi connectivity index (χ0n) is 9.84. The molecule has 20 heavy (non-hydrogen) atoms. The summed E-state index contributed by atoms with van der Waals surface area (Å²) in [5, 5.41) is 0. The Morgan fingerprint density at radius 3 is 2.20 bits per heavy atom. The van der Waals surface area contributed by atoms with Crippen molar-refractivity contribution in [1.82, 2.24) is 0 Å². The minimum Gasteiger partial charge on any atom is -0.406 e. The summed E-state index contributed by atoms with van der Waals surface area (Å²) in [5.74, 6) is -0.855. The molecular weight excluding hydrogens is 342 g/mol. The van der Waals surface area contributed by atoms with Crippen LogP contribution in [0.15, 0.2) is 40.9 Å². The van der Waals surface area contributed by atoms with E-state index in [0.29, 0.717) is 21.3 Å². The third-order valence-electron chi connectivity index (χ3n) is 2.49. The molecule has 0 amide bonds. The Bertz CT molecular complexity index is 626. The molecule has 0 aliphatic rings. The highest BCUT2D eigenvalue weighted by atomic mass is 79.9. The van der Waals surface area contributed by atoms with E-state index in [0.717, 1.165) is 12.1 Å². The van der Waals surface area contributed by atoms with Crippen LogP contribution >= 0.6 is 15.9 Å². The van der Waals surface area contributed by atoms with Crippen molar-refractivity contribution in [2.24, 2.45) is 0 Å². The van der Waals surface area contributed by atoms with Crippen molar-refractivity contribution < 1.29 is 22.3 Å². The average molecular weight is 350 g/mol. The van der Waals surface area contributed by atoms with Gasteiger partial charge >= 0.3 is 6.36 Å². The number of anilines is 1. The number of halogens is 5. The van der Waals surface area contributed by atoms with E-state index >= 15 is 0 Å². The third-order valence-corrected chi connectivity index (χ3v) is 3.15. The summed E-state index contributed by atoms with van der Waals surface area (Å²) in [7, 11) is 0. The van der Waals surface area contributed by atoms with Crippen molar-refractivity contribution in [3.63, 3.8) is 0 Å². The minimum absolute atomic E-state index is 0.302. The third kappa shape index (κ3) is 3.41. The van der Waals surface area contributed by atoms with Crippen LogP contribution in [0.5, 0.6) is 5.75 Å². The van der Waals surface area contributed by atoms with Crippen molar-refractivity contribution in [2.75, 3.05) is 5.73 Å². The SMILES string of the molecule is Nc1c(Br)cc(F)cc1-c1ccc(OC(F)(F)F)cc1. The van der Waals surface area contributed by atoms with Gasteiger partial charge in [-0.15, -0.1) is 13.2 Å². The van der Waals surface area contributed by atoms with E-state index in [1.807, 2.05) is 0 Å². The predicted molar refractivity (Wildman–Crippen MR) is 70.6 cm³/mol. The number of hydrogen-bond acceptors (Lipinski definition) is 2.